The first-order valence-electron chi connectivity index (χ1n) is 7.46. The van der Waals surface area contributed by atoms with E-state index in [4.69, 9.17) is 0 Å². The molecule has 1 N–H and O–H groups in total. The maximum Gasteiger partial charge on any atom is 0.220 e. The van der Waals surface area contributed by atoms with Gasteiger partial charge >= 0.3 is 0 Å². The van der Waals surface area contributed by atoms with Crippen LogP contribution >= 0.6 is 0 Å². The smallest absolute Gasteiger partial charge is 0.220 e. The van der Waals surface area contributed by atoms with Gasteiger partial charge in [-0.05, 0) is 48.1 Å². The van der Waals surface area contributed by atoms with Crippen molar-refractivity contribution in [3.63, 3.8) is 0 Å². The van der Waals surface area contributed by atoms with Gasteiger partial charge in [-0.3, -0.25) is 4.79 Å². The minimum atomic E-state index is 0.155. The highest BCUT2D eigenvalue weighted by Crippen LogP contribution is 2.44. The zero-order valence-electron chi connectivity index (χ0n) is 12.3. The fraction of sp³-hybridized carbons (Fsp3) is 0.588. The SMILES string of the molecule is CCC(C)c1ccc(C(CC(=O)NC)C2CC2)cc1. The van der Waals surface area contributed by atoms with Gasteiger partial charge in [0.25, 0.3) is 0 Å². The maximum absolute atomic E-state index is 11.6. The summed E-state index contributed by atoms with van der Waals surface area (Å²) >= 11 is 0. The molecule has 2 heteroatoms. The van der Waals surface area contributed by atoms with Crippen molar-refractivity contribution < 1.29 is 4.79 Å². The molecule has 1 saturated carbocycles. The lowest BCUT2D eigenvalue weighted by atomic mass is 9.88. The molecular weight excluding hydrogens is 234 g/mol. The Morgan fingerprint density at radius 2 is 1.84 bits per heavy atom. The summed E-state index contributed by atoms with van der Waals surface area (Å²) in [6.45, 7) is 4.48. The second-order valence-electron chi connectivity index (χ2n) is 5.80. The van der Waals surface area contributed by atoms with Gasteiger partial charge < -0.3 is 5.32 Å². The van der Waals surface area contributed by atoms with E-state index in [1.165, 1.54) is 30.4 Å². The summed E-state index contributed by atoms with van der Waals surface area (Å²) in [6.07, 6.45) is 4.34. The van der Waals surface area contributed by atoms with Crippen LogP contribution in [0.25, 0.3) is 0 Å². The number of carbonyl (C=O) groups excluding carboxylic acids is 1. The largest absolute Gasteiger partial charge is 0.359 e. The third-order valence-corrected chi connectivity index (χ3v) is 4.42. The molecule has 1 fully saturated rings. The van der Waals surface area contributed by atoms with Crippen LogP contribution in [-0.2, 0) is 4.79 Å². The van der Waals surface area contributed by atoms with Crippen molar-refractivity contribution in [2.45, 2.75) is 51.4 Å². The van der Waals surface area contributed by atoms with Crippen LogP contribution in [0.4, 0.5) is 0 Å². The van der Waals surface area contributed by atoms with Crippen LogP contribution in [0.1, 0.15) is 62.5 Å². The van der Waals surface area contributed by atoms with E-state index in [-0.39, 0.29) is 5.91 Å². The van der Waals surface area contributed by atoms with E-state index in [1.54, 1.807) is 7.05 Å². The van der Waals surface area contributed by atoms with E-state index >= 15 is 0 Å². The predicted octanol–water partition coefficient (Wildman–Crippen LogP) is 3.83. The summed E-state index contributed by atoms with van der Waals surface area (Å²) in [4.78, 5) is 11.6. The van der Waals surface area contributed by atoms with E-state index in [2.05, 4.69) is 43.4 Å². The van der Waals surface area contributed by atoms with Crippen molar-refractivity contribution in [3.05, 3.63) is 35.4 Å². The molecule has 1 aromatic rings. The van der Waals surface area contributed by atoms with Crippen LogP contribution in [0, 0.1) is 5.92 Å². The van der Waals surface area contributed by atoms with Crippen molar-refractivity contribution in [2.24, 2.45) is 5.92 Å². The van der Waals surface area contributed by atoms with E-state index in [1.807, 2.05) is 0 Å². The highest BCUT2D eigenvalue weighted by Gasteiger charge is 2.33. The zero-order chi connectivity index (χ0) is 13.8. The molecule has 0 bridgehead atoms. The van der Waals surface area contributed by atoms with Crippen molar-refractivity contribution in [2.75, 3.05) is 7.05 Å². The van der Waals surface area contributed by atoms with Gasteiger partial charge in [-0.15, -0.1) is 0 Å². The summed E-state index contributed by atoms with van der Waals surface area (Å²) in [5.74, 6) is 1.90. The Hall–Kier alpha value is -1.31. The van der Waals surface area contributed by atoms with Crippen LogP contribution in [0.15, 0.2) is 24.3 Å². The molecule has 19 heavy (non-hydrogen) atoms. The Morgan fingerprint density at radius 1 is 1.26 bits per heavy atom. The number of nitrogens with one attached hydrogen (secondary N) is 1. The summed E-state index contributed by atoms with van der Waals surface area (Å²) < 4.78 is 0. The molecule has 1 aliphatic rings. The number of carbonyl (C=O) groups is 1. The first kappa shape index (κ1) is 14.1. The first-order chi connectivity index (χ1) is 9.15. The average molecular weight is 259 g/mol. The van der Waals surface area contributed by atoms with Crippen LogP contribution in [-0.4, -0.2) is 13.0 Å². The number of hydrogen-bond acceptors (Lipinski definition) is 1. The normalized spacial score (nSPS) is 17.8. The standard InChI is InChI=1S/C17H25NO/c1-4-12(2)13-5-7-14(8-6-13)16(15-9-10-15)11-17(19)18-3/h5-8,12,15-16H,4,9-11H2,1-3H3,(H,18,19). The summed E-state index contributed by atoms with van der Waals surface area (Å²) in [6, 6.07) is 8.94. The van der Waals surface area contributed by atoms with Crippen LogP contribution in [0.2, 0.25) is 0 Å². The fourth-order valence-electron chi connectivity index (χ4n) is 2.66. The highest BCUT2D eigenvalue weighted by molar-refractivity contribution is 5.76. The molecule has 0 saturated heterocycles. The minimum Gasteiger partial charge on any atom is -0.359 e. The third-order valence-electron chi connectivity index (χ3n) is 4.42. The zero-order valence-corrected chi connectivity index (χ0v) is 12.3. The molecule has 0 heterocycles. The molecule has 1 amide bonds. The van der Waals surface area contributed by atoms with Gasteiger partial charge in [0.2, 0.25) is 5.91 Å². The molecule has 2 atom stereocenters. The Labute approximate surface area is 116 Å². The molecular formula is C17H25NO. The molecule has 1 aliphatic carbocycles. The molecule has 2 rings (SSSR count). The van der Waals surface area contributed by atoms with Gasteiger partial charge in [-0.2, -0.15) is 0 Å². The van der Waals surface area contributed by atoms with Gasteiger partial charge in [0.15, 0.2) is 0 Å². The Bertz CT molecular complexity index is 419. The minimum absolute atomic E-state index is 0.155. The lowest BCUT2D eigenvalue weighted by molar-refractivity contribution is -0.121. The van der Waals surface area contributed by atoms with Gasteiger partial charge in [-0.1, -0.05) is 38.1 Å². The van der Waals surface area contributed by atoms with E-state index < -0.39 is 0 Å². The lowest BCUT2D eigenvalue weighted by Gasteiger charge is -2.17. The monoisotopic (exact) mass is 259 g/mol. The van der Waals surface area contributed by atoms with E-state index in [0.29, 0.717) is 24.2 Å². The number of amides is 1. The molecule has 2 nitrogen and oxygen atoms in total. The average Bonchev–Trinajstić information content (AvgIpc) is 3.28. The molecule has 2 unspecified atom stereocenters. The topological polar surface area (TPSA) is 29.1 Å². The van der Waals surface area contributed by atoms with Crippen LogP contribution in [0.3, 0.4) is 0 Å². The molecule has 0 aliphatic heterocycles. The van der Waals surface area contributed by atoms with Gasteiger partial charge in [0.1, 0.15) is 0 Å². The Kier molecular flexibility index (Phi) is 4.62. The maximum atomic E-state index is 11.6. The molecule has 1 aromatic carbocycles. The molecule has 0 spiro atoms. The van der Waals surface area contributed by atoms with E-state index in [9.17, 15) is 4.79 Å². The van der Waals surface area contributed by atoms with Crippen molar-refractivity contribution in [1.82, 2.24) is 5.32 Å². The summed E-state index contributed by atoms with van der Waals surface area (Å²) in [5.41, 5.74) is 2.74. The fourth-order valence-corrected chi connectivity index (χ4v) is 2.66. The highest BCUT2D eigenvalue weighted by atomic mass is 16.1. The van der Waals surface area contributed by atoms with Gasteiger partial charge in [-0.25, -0.2) is 0 Å². The van der Waals surface area contributed by atoms with Crippen molar-refractivity contribution in [1.29, 1.82) is 0 Å². The number of hydrogen-bond donors (Lipinski definition) is 1. The van der Waals surface area contributed by atoms with Gasteiger partial charge in [0.05, 0.1) is 0 Å². The lowest BCUT2D eigenvalue weighted by Crippen LogP contribution is -2.21. The summed E-state index contributed by atoms with van der Waals surface area (Å²) in [5, 5.41) is 2.75. The Balaban J connectivity index is 2.11. The second-order valence-corrected chi connectivity index (χ2v) is 5.80. The van der Waals surface area contributed by atoms with Crippen molar-refractivity contribution in [3.8, 4) is 0 Å². The third kappa shape index (κ3) is 3.59. The quantitative estimate of drug-likeness (QED) is 0.826. The molecule has 0 radical (unpaired) electrons. The molecule has 0 aromatic heterocycles. The van der Waals surface area contributed by atoms with Crippen LogP contribution < -0.4 is 5.32 Å². The summed E-state index contributed by atoms with van der Waals surface area (Å²) in [7, 11) is 1.72. The van der Waals surface area contributed by atoms with Crippen LogP contribution in [0.5, 0.6) is 0 Å². The van der Waals surface area contributed by atoms with E-state index in [0.717, 1.165) is 0 Å². The predicted molar refractivity (Wildman–Crippen MR) is 79.3 cm³/mol. The number of rotatable bonds is 6. The van der Waals surface area contributed by atoms with Gasteiger partial charge in [0, 0.05) is 13.5 Å². The van der Waals surface area contributed by atoms with Crippen molar-refractivity contribution >= 4 is 5.91 Å². The first-order valence-corrected chi connectivity index (χ1v) is 7.46. The molecule has 104 valence electrons. The number of benzene rings is 1. The second kappa shape index (κ2) is 6.23. The Morgan fingerprint density at radius 3 is 2.32 bits per heavy atom.